The maximum absolute atomic E-state index is 12.1. The molecule has 108 valence electrons. The van der Waals surface area contributed by atoms with Crippen molar-refractivity contribution >= 4 is 28.9 Å². The standard InChI is InChI=1S/C14H11ClN2O4/c1-8-5-6-9(10(15)7-8)14(19)16-13-11(17(20)21)3-2-4-12(13)18/h2-7,18H,1H3,(H,16,19). The molecule has 0 spiro atoms. The molecular weight excluding hydrogens is 296 g/mol. The summed E-state index contributed by atoms with van der Waals surface area (Å²) in [7, 11) is 0. The van der Waals surface area contributed by atoms with Crippen LogP contribution in [0.3, 0.4) is 0 Å². The van der Waals surface area contributed by atoms with Crippen LogP contribution in [0.2, 0.25) is 5.02 Å². The molecule has 0 aliphatic rings. The zero-order valence-electron chi connectivity index (χ0n) is 11.0. The van der Waals surface area contributed by atoms with Crippen LogP contribution in [-0.2, 0) is 0 Å². The Morgan fingerprint density at radius 1 is 1.33 bits per heavy atom. The fourth-order valence-electron chi connectivity index (χ4n) is 1.79. The topological polar surface area (TPSA) is 92.5 Å². The molecule has 7 heteroatoms. The number of rotatable bonds is 3. The summed E-state index contributed by atoms with van der Waals surface area (Å²) in [5.41, 5.74) is 0.389. The molecule has 2 N–H and O–H groups in total. The molecule has 0 saturated heterocycles. The van der Waals surface area contributed by atoms with Crippen LogP contribution in [0.1, 0.15) is 15.9 Å². The number of nitro groups is 1. The Morgan fingerprint density at radius 3 is 2.67 bits per heavy atom. The van der Waals surface area contributed by atoms with E-state index in [0.717, 1.165) is 5.56 Å². The minimum absolute atomic E-state index is 0.166. The minimum atomic E-state index is -0.688. The van der Waals surface area contributed by atoms with Gasteiger partial charge in [0.1, 0.15) is 5.75 Å². The highest BCUT2D eigenvalue weighted by Gasteiger charge is 2.21. The average Bonchev–Trinajstić information content (AvgIpc) is 2.40. The van der Waals surface area contributed by atoms with Crippen LogP contribution < -0.4 is 5.32 Å². The van der Waals surface area contributed by atoms with Crippen molar-refractivity contribution < 1.29 is 14.8 Å². The van der Waals surface area contributed by atoms with Gasteiger partial charge in [-0.2, -0.15) is 0 Å². The summed E-state index contributed by atoms with van der Waals surface area (Å²) in [6.45, 7) is 1.82. The van der Waals surface area contributed by atoms with Gasteiger partial charge in [-0.15, -0.1) is 0 Å². The highest BCUT2D eigenvalue weighted by atomic mass is 35.5. The van der Waals surface area contributed by atoms with Crippen molar-refractivity contribution in [3.8, 4) is 5.75 Å². The van der Waals surface area contributed by atoms with Crippen LogP contribution in [0, 0.1) is 17.0 Å². The molecule has 0 fully saturated rings. The number of hydrogen-bond acceptors (Lipinski definition) is 4. The zero-order valence-corrected chi connectivity index (χ0v) is 11.7. The molecule has 0 saturated carbocycles. The second kappa shape index (κ2) is 5.80. The smallest absolute Gasteiger partial charge is 0.296 e. The number of amides is 1. The maximum atomic E-state index is 12.1. The van der Waals surface area contributed by atoms with Crippen LogP contribution in [0.4, 0.5) is 11.4 Å². The highest BCUT2D eigenvalue weighted by molar-refractivity contribution is 6.34. The van der Waals surface area contributed by atoms with Crippen LogP contribution in [0.15, 0.2) is 36.4 Å². The third kappa shape index (κ3) is 3.11. The average molecular weight is 307 g/mol. The molecule has 0 aliphatic heterocycles. The molecule has 0 aromatic heterocycles. The number of benzene rings is 2. The number of phenols is 1. The first-order chi connectivity index (χ1) is 9.90. The summed E-state index contributed by atoms with van der Waals surface area (Å²) in [5.74, 6) is -1.02. The Labute approximate surface area is 125 Å². The molecule has 1 amide bonds. The van der Waals surface area contributed by atoms with Crippen molar-refractivity contribution in [2.24, 2.45) is 0 Å². The molecule has 21 heavy (non-hydrogen) atoms. The van der Waals surface area contributed by atoms with Gasteiger partial charge in [0.15, 0.2) is 5.69 Å². The Morgan fingerprint density at radius 2 is 2.05 bits per heavy atom. The lowest BCUT2D eigenvalue weighted by atomic mass is 10.1. The molecule has 0 unspecified atom stereocenters. The van der Waals surface area contributed by atoms with Gasteiger partial charge in [0.05, 0.1) is 15.5 Å². The number of hydrogen-bond donors (Lipinski definition) is 2. The Balaban J connectivity index is 2.38. The molecule has 2 aromatic carbocycles. The van der Waals surface area contributed by atoms with Gasteiger partial charge >= 0.3 is 0 Å². The maximum Gasteiger partial charge on any atom is 0.296 e. The quantitative estimate of drug-likeness (QED) is 0.515. The fraction of sp³-hybridized carbons (Fsp3) is 0.0714. The van der Waals surface area contributed by atoms with Crippen molar-refractivity contribution in [2.45, 2.75) is 6.92 Å². The van der Waals surface area contributed by atoms with Crippen LogP contribution in [0.5, 0.6) is 5.75 Å². The number of carbonyl (C=O) groups excluding carboxylic acids is 1. The monoisotopic (exact) mass is 306 g/mol. The number of aryl methyl sites for hydroxylation is 1. The first kappa shape index (κ1) is 14.8. The summed E-state index contributed by atoms with van der Waals surface area (Å²) in [6, 6.07) is 8.57. The van der Waals surface area contributed by atoms with E-state index in [1.165, 1.54) is 24.3 Å². The molecule has 2 rings (SSSR count). The van der Waals surface area contributed by atoms with Gasteiger partial charge in [-0.05, 0) is 30.7 Å². The van der Waals surface area contributed by atoms with Crippen molar-refractivity contribution in [2.75, 3.05) is 5.32 Å². The van der Waals surface area contributed by atoms with E-state index in [9.17, 15) is 20.0 Å². The molecule has 0 heterocycles. The predicted octanol–water partition coefficient (Wildman–Crippen LogP) is 3.51. The summed E-state index contributed by atoms with van der Waals surface area (Å²) in [5, 5.41) is 23.2. The van der Waals surface area contributed by atoms with Crippen molar-refractivity contribution in [3.63, 3.8) is 0 Å². The number of para-hydroxylation sites is 1. The summed E-state index contributed by atoms with van der Waals surface area (Å²) in [4.78, 5) is 22.4. The van der Waals surface area contributed by atoms with Crippen LogP contribution >= 0.6 is 11.6 Å². The number of phenolic OH excluding ortho intramolecular Hbond substituents is 1. The predicted molar refractivity (Wildman–Crippen MR) is 78.9 cm³/mol. The Hall–Kier alpha value is -2.60. The Kier molecular flexibility index (Phi) is 4.09. The van der Waals surface area contributed by atoms with E-state index >= 15 is 0 Å². The second-order valence-corrected chi connectivity index (χ2v) is 4.77. The molecule has 0 radical (unpaired) electrons. The molecule has 0 bridgehead atoms. The lowest BCUT2D eigenvalue weighted by Gasteiger charge is -2.09. The normalized spacial score (nSPS) is 10.2. The number of aromatic hydroxyl groups is 1. The fourth-order valence-corrected chi connectivity index (χ4v) is 2.11. The number of nitrogens with zero attached hydrogens (tertiary/aromatic N) is 1. The van der Waals surface area contributed by atoms with E-state index in [-0.39, 0.29) is 22.0 Å². The van der Waals surface area contributed by atoms with E-state index in [4.69, 9.17) is 11.6 Å². The number of nitro benzene ring substituents is 1. The number of carbonyl (C=O) groups is 1. The first-order valence-corrected chi connectivity index (χ1v) is 6.32. The van der Waals surface area contributed by atoms with E-state index in [1.54, 1.807) is 12.1 Å². The number of nitrogens with one attached hydrogen (secondary N) is 1. The first-order valence-electron chi connectivity index (χ1n) is 5.94. The largest absolute Gasteiger partial charge is 0.505 e. The third-order valence-corrected chi connectivity index (χ3v) is 3.14. The molecule has 6 nitrogen and oxygen atoms in total. The van der Waals surface area contributed by atoms with Crippen LogP contribution in [-0.4, -0.2) is 15.9 Å². The highest BCUT2D eigenvalue weighted by Crippen LogP contribution is 2.33. The summed E-state index contributed by atoms with van der Waals surface area (Å²) < 4.78 is 0. The number of anilines is 1. The van der Waals surface area contributed by atoms with Gasteiger partial charge in [-0.25, -0.2) is 0 Å². The minimum Gasteiger partial charge on any atom is -0.505 e. The number of halogens is 1. The van der Waals surface area contributed by atoms with Crippen LogP contribution in [0.25, 0.3) is 0 Å². The van der Waals surface area contributed by atoms with E-state index in [1.807, 2.05) is 6.92 Å². The van der Waals surface area contributed by atoms with Gasteiger partial charge in [0.2, 0.25) is 0 Å². The Bertz CT molecular complexity index is 731. The lowest BCUT2D eigenvalue weighted by molar-refractivity contribution is -0.384. The lowest BCUT2D eigenvalue weighted by Crippen LogP contribution is -2.14. The molecule has 0 aliphatic carbocycles. The van der Waals surface area contributed by atoms with Gasteiger partial charge in [0, 0.05) is 6.07 Å². The van der Waals surface area contributed by atoms with Gasteiger partial charge in [0.25, 0.3) is 11.6 Å². The van der Waals surface area contributed by atoms with Crippen molar-refractivity contribution in [3.05, 3.63) is 62.7 Å². The SMILES string of the molecule is Cc1ccc(C(=O)Nc2c(O)cccc2[N+](=O)[O-])c(Cl)c1. The third-order valence-electron chi connectivity index (χ3n) is 2.82. The van der Waals surface area contributed by atoms with Crippen molar-refractivity contribution in [1.82, 2.24) is 0 Å². The second-order valence-electron chi connectivity index (χ2n) is 4.37. The van der Waals surface area contributed by atoms with E-state index in [2.05, 4.69) is 5.32 Å². The van der Waals surface area contributed by atoms with Crippen molar-refractivity contribution in [1.29, 1.82) is 0 Å². The van der Waals surface area contributed by atoms with Gasteiger partial charge in [-0.3, -0.25) is 14.9 Å². The van der Waals surface area contributed by atoms with E-state index < -0.39 is 16.5 Å². The molecule has 2 aromatic rings. The molecular formula is C14H11ClN2O4. The van der Waals surface area contributed by atoms with Gasteiger partial charge in [-0.1, -0.05) is 23.7 Å². The summed E-state index contributed by atoms with van der Waals surface area (Å²) in [6.07, 6.45) is 0. The van der Waals surface area contributed by atoms with E-state index in [0.29, 0.717) is 0 Å². The zero-order chi connectivity index (χ0) is 15.6. The van der Waals surface area contributed by atoms with Gasteiger partial charge < -0.3 is 10.4 Å². The molecule has 0 atom stereocenters. The summed E-state index contributed by atoms with van der Waals surface area (Å²) >= 11 is 5.98.